The van der Waals surface area contributed by atoms with E-state index in [1.165, 1.54) is 30.4 Å². The van der Waals surface area contributed by atoms with Crippen LogP contribution in [-0.2, 0) is 22.5 Å². The van der Waals surface area contributed by atoms with Crippen LogP contribution in [0.3, 0.4) is 0 Å². The monoisotopic (exact) mass is 448 g/mol. The summed E-state index contributed by atoms with van der Waals surface area (Å²) in [6.45, 7) is 6.58. The number of hydrogen-bond donors (Lipinski definition) is 0. The van der Waals surface area contributed by atoms with Crippen molar-refractivity contribution in [3.8, 4) is 0 Å². The highest BCUT2D eigenvalue weighted by molar-refractivity contribution is 5.94. The van der Waals surface area contributed by atoms with Gasteiger partial charge in [0.2, 0.25) is 0 Å². The van der Waals surface area contributed by atoms with Gasteiger partial charge >= 0.3 is 5.97 Å². The van der Waals surface area contributed by atoms with Crippen molar-refractivity contribution in [2.75, 3.05) is 32.8 Å². The van der Waals surface area contributed by atoms with E-state index in [4.69, 9.17) is 4.74 Å². The van der Waals surface area contributed by atoms with Crippen LogP contribution >= 0.6 is 0 Å². The van der Waals surface area contributed by atoms with Gasteiger partial charge < -0.3 is 9.64 Å². The van der Waals surface area contributed by atoms with Crippen LogP contribution in [0.15, 0.2) is 54.6 Å². The molecule has 4 rings (SSSR count). The topological polar surface area (TPSA) is 49.9 Å². The zero-order valence-electron chi connectivity index (χ0n) is 19.7. The van der Waals surface area contributed by atoms with E-state index in [0.29, 0.717) is 32.5 Å². The van der Waals surface area contributed by atoms with Gasteiger partial charge in [0.1, 0.15) is 0 Å². The first-order valence-corrected chi connectivity index (χ1v) is 12.4. The van der Waals surface area contributed by atoms with Gasteiger partial charge in [0.25, 0.3) is 5.91 Å². The number of benzene rings is 2. The van der Waals surface area contributed by atoms with Crippen molar-refractivity contribution < 1.29 is 14.3 Å². The lowest BCUT2D eigenvalue weighted by Gasteiger charge is -2.32. The molecule has 0 atom stereocenters. The number of carbonyl (C=O) groups is 2. The third-order valence-electron chi connectivity index (χ3n) is 7.06. The average Bonchev–Trinajstić information content (AvgIpc) is 2.86. The summed E-state index contributed by atoms with van der Waals surface area (Å²) in [6.07, 6.45) is 4.99. The van der Waals surface area contributed by atoms with Crippen molar-refractivity contribution in [1.82, 2.24) is 9.80 Å². The Hall–Kier alpha value is -2.66. The maximum Gasteiger partial charge on any atom is 0.309 e. The Kier molecular flexibility index (Phi) is 8.16. The van der Waals surface area contributed by atoms with Gasteiger partial charge in [-0.05, 0) is 81.3 Å². The van der Waals surface area contributed by atoms with Gasteiger partial charge in [-0.3, -0.25) is 14.5 Å². The van der Waals surface area contributed by atoms with Gasteiger partial charge in [-0.2, -0.15) is 0 Å². The third-order valence-corrected chi connectivity index (χ3v) is 7.06. The van der Waals surface area contributed by atoms with Crippen LogP contribution in [0.4, 0.5) is 0 Å². The summed E-state index contributed by atoms with van der Waals surface area (Å²) in [5.41, 5.74) is 3.39. The third kappa shape index (κ3) is 6.44. The minimum Gasteiger partial charge on any atom is -0.466 e. The van der Waals surface area contributed by atoms with Crippen molar-refractivity contribution in [1.29, 1.82) is 0 Å². The molecule has 2 heterocycles. The molecule has 0 unspecified atom stereocenters. The van der Waals surface area contributed by atoms with Crippen molar-refractivity contribution in [2.45, 2.75) is 45.6 Å². The number of rotatable bonds is 7. The van der Waals surface area contributed by atoms with Crippen LogP contribution in [0, 0.1) is 11.8 Å². The average molecular weight is 449 g/mol. The Balaban J connectivity index is 1.26. The highest BCUT2D eigenvalue weighted by Gasteiger charge is 2.28. The first kappa shape index (κ1) is 23.5. The molecule has 0 bridgehead atoms. The minimum absolute atomic E-state index is 0.0701. The number of nitrogens with zero attached hydrogens (tertiary/aromatic N) is 2. The molecule has 0 aromatic heterocycles. The van der Waals surface area contributed by atoms with Crippen LogP contribution < -0.4 is 0 Å². The second kappa shape index (κ2) is 11.5. The Morgan fingerprint density at radius 3 is 2.27 bits per heavy atom. The molecule has 33 heavy (non-hydrogen) atoms. The second-order valence-electron chi connectivity index (χ2n) is 9.43. The molecule has 1 amide bonds. The number of piperidine rings is 2. The molecule has 2 aromatic rings. The van der Waals surface area contributed by atoms with E-state index in [0.717, 1.165) is 31.1 Å². The van der Waals surface area contributed by atoms with E-state index in [-0.39, 0.29) is 17.8 Å². The summed E-state index contributed by atoms with van der Waals surface area (Å²) in [6, 6.07) is 18.9. The van der Waals surface area contributed by atoms with Crippen molar-refractivity contribution in [3.63, 3.8) is 0 Å². The first-order valence-electron chi connectivity index (χ1n) is 12.4. The van der Waals surface area contributed by atoms with E-state index in [9.17, 15) is 9.59 Å². The highest BCUT2D eigenvalue weighted by Crippen LogP contribution is 2.24. The Bertz CT molecular complexity index is 914. The van der Waals surface area contributed by atoms with E-state index < -0.39 is 0 Å². The summed E-state index contributed by atoms with van der Waals surface area (Å²) in [7, 11) is 0. The van der Waals surface area contributed by atoms with Gasteiger partial charge in [-0.1, -0.05) is 42.5 Å². The van der Waals surface area contributed by atoms with Crippen LogP contribution in [0.25, 0.3) is 0 Å². The molecule has 5 nitrogen and oxygen atoms in total. The molecule has 2 fully saturated rings. The fourth-order valence-corrected chi connectivity index (χ4v) is 5.12. The molecule has 2 aliphatic rings. The maximum absolute atomic E-state index is 13.1. The van der Waals surface area contributed by atoms with Crippen LogP contribution in [0.1, 0.15) is 54.1 Å². The maximum atomic E-state index is 13.1. The van der Waals surface area contributed by atoms with Crippen molar-refractivity contribution in [3.05, 3.63) is 71.3 Å². The predicted octanol–water partition coefficient (Wildman–Crippen LogP) is 4.56. The van der Waals surface area contributed by atoms with Crippen LogP contribution in [0.2, 0.25) is 0 Å². The molecule has 0 N–H and O–H groups in total. The Morgan fingerprint density at radius 1 is 0.879 bits per heavy atom. The molecule has 5 heteroatoms. The number of amides is 1. The summed E-state index contributed by atoms with van der Waals surface area (Å²) in [5.74, 6) is 0.624. The zero-order valence-corrected chi connectivity index (χ0v) is 19.7. The summed E-state index contributed by atoms with van der Waals surface area (Å²) >= 11 is 0. The number of esters is 1. The van der Waals surface area contributed by atoms with E-state index in [2.05, 4.69) is 47.4 Å². The molecule has 0 aliphatic carbocycles. The Labute approximate surface area is 197 Å². The zero-order chi connectivity index (χ0) is 23.0. The fraction of sp³-hybridized carbons (Fsp3) is 0.500. The highest BCUT2D eigenvalue weighted by atomic mass is 16.5. The molecular weight excluding hydrogens is 412 g/mol. The van der Waals surface area contributed by atoms with Gasteiger partial charge in [0.05, 0.1) is 12.5 Å². The standard InChI is InChI=1S/C28H36N2O3/c1-2-33-28(32)25-13-17-30(18-14-25)27(31)26-10-6-9-24(20-26)21-29-15-11-23(12-16-29)19-22-7-4-3-5-8-22/h3-10,20,23,25H,2,11-19,21H2,1H3. The Morgan fingerprint density at radius 2 is 1.58 bits per heavy atom. The summed E-state index contributed by atoms with van der Waals surface area (Å²) in [5, 5.41) is 0. The molecule has 2 aromatic carbocycles. The van der Waals surface area contributed by atoms with Gasteiger partial charge in [0.15, 0.2) is 0 Å². The summed E-state index contributed by atoms with van der Waals surface area (Å²) in [4.78, 5) is 29.4. The molecule has 2 saturated heterocycles. The van der Waals surface area contributed by atoms with E-state index in [1.807, 2.05) is 24.0 Å². The normalized spacial score (nSPS) is 18.3. The SMILES string of the molecule is CCOC(=O)C1CCN(C(=O)c2cccc(CN3CCC(Cc4ccccc4)CC3)c2)CC1. The molecule has 0 saturated carbocycles. The van der Waals surface area contributed by atoms with Gasteiger partial charge in [-0.25, -0.2) is 0 Å². The number of ether oxygens (including phenoxy) is 1. The summed E-state index contributed by atoms with van der Waals surface area (Å²) < 4.78 is 5.14. The van der Waals surface area contributed by atoms with Crippen LogP contribution in [-0.4, -0.2) is 54.5 Å². The molecule has 0 radical (unpaired) electrons. The fourth-order valence-electron chi connectivity index (χ4n) is 5.12. The largest absolute Gasteiger partial charge is 0.466 e. The van der Waals surface area contributed by atoms with Crippen molar-refractivity contribution in [2.24, 2.45) is 11.8 Å². The second-order valence-corrected chi connectivity index (χ2v) is 9.43. The van der Waals surface area contributed by atoms with E-state index >= 15 is 0 Å². The number of hydrogen-bond acceptors (Lipinski definition) is 4. The lowest BCUT2D eigenvalue weighted by atomic mass is 9.90. The molecule has 176 valence electrons. The van der Waals surface area contributed by atoms with E-state index in [1.54, 1.807) is 0 Å². The lowest BCUT2D eigenvalue weighted by Crippen LogP contribution is -2.40. The van der Waals surface area contributed by atoms with Crippen LogP contribution in [0.5, 0.6) is 0 Å². The molecular formula is C28H36N2O3. The quantitative estimate of drug-likeness (QED) is 0.583. The van der Waals surface area contributed by atoms with Gasteiger partial charge in [-0.15, -0.1) is 0 Å². The smallest absolute Gasteiger partial charge is 0.309 e. The van der Waals surface area contributed by atoms with Gasteiger partial charge in [0, 0.05) is 25.2 Å². The number of likely N-dealkylation sites (tertiary alicyclic amines) is 2. The minimum atomic E-state index is -0.126. The predicted molar refractivity (Wildman–Crippen MR) is 130 cm³/mol. The lowest BCUT2D eigenvalue weighted by molar-refractivity contribution is -0.149. The molecule has 0 spiro atoms. The van der Waals surface area contributed by atoms with Crippen molar-refractivity contribution >= 4 is 11.9 Å². The number of carbonyl (C=O) groups excluding carboxylic acids is 2. The molecule has 2 aliphatic heterocycles. The first-order chi connectivity index (χ1) is 16.1.